The molecule has 1 rings (SSSR count). The summed E-state index contributed by atoms with van der Waals surface area (Å²) in [5.74, 6) is 0. The van der Waals surface area contributed by atoms with Crippen molar-refractivity contribution in [2.24, 2.45) is 4.99 Å². The normalized spacial score (nSPS) is 13.9. The zero-order valence-electron chi connectivity index (χ0n) is 10.4. The molecule has 98 valence electrons. The summed E-state index contributed by atoms with van der Waals surface area (Å²) < 4.78 is 36.8. The van der Waals surface area contributed by atoms with Crippen LogP contribution >= 0.6 is 11.8 Å². The topological polar surface area (TPSA) is 12.4 Å². The van der Waals surface area contributed by atoms with Crippen LogP contribution in [0.3, 0.4) is 0 Å². The summed E-state index contributed by atoms with van der Waals surface area (Å²) in [6.45, 7) is 3.70. The second kappa shape index (κ2) is 6.09. The van der Waals surface area contributed by atoms with Crippen molar-refractivity contribution in [2.45, 2.75) is 24.3 Å². The molecule has 0 aromatic heterocycles. The smallest absolute Gasteiger partial charge is 0.293 e. The van der Waals surface area contributed by atoms with Crippen LogP contribution in [0.4, 0.5) is 13.2 Å². The van der Waals surface area contributed by atoms with Gasteiger partial charge >= 0.3 is 5.51 Å². The highest BCUT2D eigenvalue weighted by molar-refractivity contribution is 8.00. The van der Waals surface area contributed by atoms with E-state index in [0.717, 1.165) is 16.8 Å². The molecule has 0 heterocycles. The molecule has 1 aromatic rings. The predicted molar refractivity (Wildman–Crippen MR) is 71.0 cm³/mol. The summed E-state index contributed by atoms with van der Waals surface area (Å²) in [5, 5.41) is 0. The van der Waals surface area contributed by atoms with Crippen LogP contribution in [0.5, 0.6) is 0 Å². The number of allylic oxidation sites excluding steroid dienone is 2. The molecule has 0 spiro atoms. The Labute approximate surface area is 109 Å². The summed E-state index contributed by atoms with van der Waals surface area (Å²) in [6, 6.07) is 6.40. The number of nitrogens with zero attached hydrogens (tertiary/aromatic N) is 1. The molecule has 0 aliphatic carbocycles. The van der Waals surface area contributed by atoms with Crippen LogP contribution in [-0.2, 0) is 0 Å². The molecule has 0 unspecified atom stereocenters. The first kappa shape index (κ1) is 14.8. The van der Waals surface area contributed by atoms with Gasteiger partial charge in [0.1, 0.15) is 0 Å². The lowest BCUT2D eigenvalue weighted by Crippen LogP contribution is -1.99. The third kappa shape index (κ3) is 4.96. The van der Waals surface area contributed by atoms with E-state index in [-0.39, 0.29) is 16.7 Å². The molecule has 0 amide bonds. The highest BCUT2D eigenvalue weighted by atomic mass is 32.2. The minimum atomic E-state index is -4.25. The minimum absolute atomic E-state index is 0.101. The van der Waals surface area contributed by atoms with Crippen LogP contribution in [0.15, 0.2) is 40.2 Å². The number of rotatable bonds is 3. The molecule has 0 aliphatic rings. The summed E-state index contributed by atoms with van der Waals surface area (Å²) in [7, 11) is 1.68. The first-order valence-corrected chi connectivity index (χ1v) is 6.11. The van der Waals surface area contributed by atoms with Crippen molar-refractivity contribution in [3.05, 3.63) is 35.9 Å². The van der Waals surface area contributed by atoms with Crippen molar-refractivity contribution in [1.82, 2.24) is 0 Å². The molecular formula is C13H14F3NS. The highest BCUT2D eigenvalue weighted by Gasteiger charge is 2.29. The fraction of sp³-hybridized carbons (Fsp3) is 0.308. The fourth-order valence-electron chi connectivity index (χ4n) is 1.40. The van der Waals surface area contributed by atoms with Gasteiger partial charge < -0.3 is 0 Å². The molecule has 0 saturated heterocycles. The highest BCUT2D eigenvalue weighted by Crippen LogP contribution is 2.37. The van der Waals surface area contributed by atoms with Crippen molar-refractivity contribution in [2.75, 3.05) is 7.05 Å². The van der Waals surface area contributed by atoms with Gasteiger partial charge in [0.25, 0.3) is 0 Å². The van der Waals surface area contributed by atoms with Crippen LogP contribution in [-0.4, -0.2) is 18.3 Å². The summed E-state index contributed by atoms with van der Waals surface area (Å²) in [6.07, 6.45) is 1.84. The van der Waals surface area contributed by atoms with E-state index in [1.807, 2.05) is 19.9 Å². The van der Waals surface area contributed by atoms with Gasteiger partial charge in [-0.3, -0.25) is 4.99 Å². The second-order valence-corrected chi connectivity index (χ2v) is 4.91. The average Bonchev–Trinajstić information content (AvgIpc) is 2.26. The zero-order chi connectivity index (χ0) is 13.8. The van der Waals surface area contributed by atoms with Gasteiger partial charge in [0.15, 0.2) is 0 Å². The van der Waals surface area contributed by atoms with E-state index < -0.39 is 5.51 Å². The molecule has 18 heavy (non-hydrogen) atoms. The number of halogens is 3. The molecule has 0 fully saturated rings. The third-order valence-electron chi connectivity index (χ3n) is 2.30. The molecule has 5 heteroatoms. The third-order valence-corrected chi connectivity index (χ3v) is 3.02. The fourth-order valence-corrected chi connectivity index (χ4v) is 2.00. The van der Waals surface area contributed by atoms with Crippen molar-refractivity contribution in [3.63, 3.8) is 0 Å². The molecule has 0 aliphatic heterocycles. The maximum Gasteiger partial charge on any atom is 0.446 e. The Morgan fingerprint density at radius 2 is 1.94 bits per heavy atom. The van der Waals surface area contributed by atoms with Gasteiger partial charge in [-0.2, -0.15) is 13.2 Å². The second-order valence-electron chi connectivity index (χ2n) is 3.77. The van der Waals surface area contributed by atoms with Crippen molar-refractivity contribution in [1.29, 1.82) is 0 Å². The first-order chi connectivity index (χ1) is 8.31. The van der Waals surface area contributed by atoms with Crippen LogP contribution in [0.1, 0.15) is 19.4 Å². The monoisotopic (exact) mass is 273 g/mol. The van der Waals surface area contributed by atoms with E-state index in [9.17, 15) is 13.2 Å². The maximum absolute atomic E-state index is 12.3. The molecule has 1 aromatic carbocycles. The SMILES string of the molecule is CN=C(C)/C=C(\C)c1cccc(SC(F)(F)F)c1. The number of aliphatic imine (C=N–C) groups is 1. The van der Waals surface area contributed by atoms with Gasteiger partial charge in [0, 0.05) is 17.7 Å². The first-order valence-electron chi connectivity index (χ1n) is 5.29. The molecule has 0 atom stereocenters. The molecule has 0 N–H and O–H groups in total. The number of hydrogen-bond acceptors (Lipinski definition) is 2. The van der Waals surface area contributed by atoms with Crippen LogP contribution in [0, 0.1) is 0 Å². The minimum Gasteiger partial charge on any atom is -0.293 e. The molecule has 0 saturated carbocycles. The standard InChI is InChI=1S/C13H14F3NS/c1-9(7-10(2)17-3)11-5-4-6-12(8-11)18-13(14,15)16/h4-8H,1-3H3/b9-7+,17-10?. The Morgan fingerprint density at radius 3 is 2.50 bits per heavy atom. The van der Waals surface area contributed by atoms with E-state index in [1.54, 1.807) is 19.2 Å². The largest absolute Gasteiger partial charge is 0.446 e. The van der Waals surface area contributed by atoms with E-state index in [1.165, 1.54) is 12.1 Å². The molecule has 0 bridgehead atoms. The molecule has 1 nitrogen and oxygen atoms in total. The zero-order valence-corrected chi connectivity index (χ0v) is 11.2. The molecule has 0 radical (unpaired) electrons. The van der Waals surface area contributed by atoms with Crippen LogP contribution < -0.4 is 0 Å². The van der Waals surface area contributed by atoms with Crippen molar-refractivity contribution in [3.8, 4) is 0 Å². The lowest BCUT2D eigenvalue weighted by molar-refractivity contribution is -0.0328. The summed E-state index contributed by atoms with van der Waals surface area (Å²) >= 11 is -0.101. The van der Waals surface area contributed by atoms with E-state index >= 15 is 0 Å². The lowest BCUT2D eigenvalue weighted by Gasteiger charge is -2.08. The Bertz CT molecular complexity index is 475. The Hall–Kier alpha value is -1.23. The van der Waals surface area contributed by atoms with E-state index in [0.29, 0.717) is 0 Å². The van der Waals surface area contributed by atoms with E-state index in [2.05, 4.69) is 4.99 Å². The van der Waals surface area contributed by atoms with Crippen molar-refractivity contribution >= 4 is 23.0 Å². The van der Waals surface area contributed by atoms with Gasteiger partial charge in [0.05, 0.1) is 0 Å². The van der Waals surface area contributed by atoms with E-state index in [4.69, 9.17) is 0 Å². The van der Waals surface area contributed by atoms with Gasteiger partial charge in [-0.15, -0.1) is 0 Å². The Kier molecular flexibility index (Phi) is 5.02. The average molecular weight is 273 g/mol. The Balaban J connectivity index is 2.99. The number of hydrogen-bond donors (Lipinski definition) is 0. The number of thioether (sulfide) groups is 1. The summed E-state index contributed by atoms with van der Waals surface area (Å²) in [5.41, 5.74) is -1.76. The van der Waals surface area contributed by atoms with Crippen LogP contribution in [0.25, 0.3) is 5.57 Å². The Morgan fingerprint density at radius 1 is 1.28 bits per heavy atom. The predicted octanol–water partition coefficient (Wildman–Crippen LogP) is 4.79. The summed E-state index contributed by atoms with van der Waals surface area (Å²) in [4.78, 5) is 4.18. The number of alkyl halides is 3. The maximum atomic E-state index is 12.3. The van der Waals surface area contributed by atoms with Gasteiger partial charge in [-0.1, -0.05) is 12.1 Å². The van der Waals surface area contributed by atoms with Gasteiger partial charge in [-0.25, -0.2) is 0 Å². The lowest BCUT2D eigenvalue weighted by atomic mass is 10.1. The van der Waals surface area contributed by atoms with Crippen LogP contribution in [0.2, 0.25) is 0 Å². The quantitative estimate of drug-likeness (QED) is 0.569. The molecular weight excluding hydrogens is 259 g/mol. The number of benzene rings is 1. The van der Waals surface area contributed by atoms with Gasteiger partial charge in [-0.05, 0) is 55.0 Å². The van der Waals surface area contributed by atoms with Gasteiger partial charge in [0.2, 0.25) is 0 Å². The van der Waals surface area contributed by atoms with Crippen molar-refractivity contribution < 1.29 is 13.2 Å².